The van der Waals surface area contributed by atoms with Crippen molar-refractivity contribution in [1.29, 1.82) is 0 Å². The first kappa shape index (κ1) is 18.5. The zero-order valence-corrected chi connectivity index (χ0v) is 17.3. The van der Waals surface area contributed by atoms with Crippen LogP contribution in [-0.4, -0.2) is 61.0 Å². The largest absolute Gasteiger partial charge is 0.336 e. The summed E-state index contributed by atoms with van der Waals surface area (Å²) in [5.41, 5.74) is 1.80. The molecule has 0 aromatic carbocycles. The van der Waals surface area contributed by atoms with Gasteiger partial charge >= 0.3 is 0 Å². The van der Waals surface area contributed by atoms with Crippen molar-refractivity contribution in [2.75, 3.05) is 39.3 Å². The molecule has 5 heteroatoms. The van der Waals surface area contributed by atoms with Gasteiger partial charge in [-0.1, -0.05) is 20.8 Å². The van der Waals surface area contributed by atoms with Gasteiger partial charge in [0.2, 0.25) is 0 Å². The fourth-order valence-electron chi connectivity index (χ4n) is 4.80. The number of aryl methyl sites for hydroxylation is 1. The Kier molecular flexibility index (Phi) is 5.15. The van der Waals surface area contributed by atoms with Crippen molar-refractivity contribution >= 4 is 17.2 Å². The lowest BCUT2D eigenvalue weighted by Crippen LogP contribution is -2.49. The molecule has 144 valence electrons. The number of carbonyl (C=O) groups excluding carboxylic acids is 1. The van der Waals surface area contributed by atoms with E-state index in [1.807, 2.05) is 0 Å². The van der Waals surface area contributed by atoms with Crippen LogP contribution in [0, 0.1) is 11.3 Å². The Morgan fingerprint density at radius 3 is 2.69 bits per heavy atom. The van der Waals surface area contributed by atoms with Crippen molar-refractivity contribution in [3.8, 4) is 0 Å². The lowest BCUT2D eigenvalue weighted by atomic mass is 9.72. The predicted molar refractivity (Wildman–Crippen MR) is 108 cm³/mol. The Bertz CT molecular complexity index is 657. The average molecular weight is 376 g/mol. The molecule has 1 N–H and O–H groups in total. The van der Waals surface area contributed by atoms with Crippen LogP contribution < -0.4 is 5.32 Å². The van der Waals surface area contributed by atoms with Gasteiger partial charge < -0.3 is 10.2 Å². The minimum Gasteiger partial charge on any atom is -0.336 e. The molecule has 4 nitrogen and oxygen atoms in total. The van der Waals surface area contributed by atoms with E-state index in [0.717, 1.165) is 69.3 Å². The van der Waals surface area contributed by atoms with Crippen LogP contribution in [0.4, 0.5) is 0 Å². The van der Waals surface area contributed by atoms with Crippen molar-refractivity contribution in [2.24, 2.45) is 11.3 Å². The number of carbonyl (C=O) groups is 1. The minimum atomic E-state index is 0.273. The standard InChI is InChI=1S/C21H33N3OS/c1-21(2,3)16-4-5-18-15(12-16)13-19(26-18)20(25)24-9-6-17(14-24)23-10-7-22-8-11-23/h13,16-17,22H,4-12,14H2,1-3H3. The van der Waals surface area contributed by atoms with Gasteiger partial charge in [-0.3, -0.25) is 9.69 Å². The van der Waals surface area contributed by atoms with Gasteiger partial charge in [0.05, 0.1) is 4.88 Å². The van der Waals surface area contributed by atoms with Crippen molar-refractivity contribution in [2.45, 2.75) is 52.5 Å². The van der Waals surface area contributed by atoms with Gasteiger partial charge in [-0.25, -0.2) is 0 Å². The van der Waals surface area contributed by atoms with Crippen LogP contribution in [0.25, 0.3) is 0 Å². The molecule has 0 radical (unpaired) electrons. The smallest absolute Gasteiger partial charge is 0.263 e. The van der Waals surface area contributed by atoms with Gasteiger partial charge in [0.25, 0.3) is 5.91 Å². The highest BCUT2D eigenvalue weighted by Gasteiger charge is 2.34. The van der Waals surface area contributed by atoms with Crippen molar-refractivity contribution in [3.05, 3.63) is 21.4 Å². The summed E-state index contributed by atoms with van der Waals surface area (Å²) in [6, 6.07) is 2.78. The number of hydrogen-bond donors (Lipinski definition) is 1. The monoisotopic (exact) mass is 375 g/mol. The van der Waals surface area contributed by atoms with E-state index in [1.165, 1.54) is 16.9 Å². The molecule has 0 saturated carbocycles. The second-order valence-electron chi connectivity index (χ2n) is 9.34. The summed E-state index contributed by atoms with van der Waals surface area (Å²) in [6.45, 7) is 13.3. The molecular formula is C21H33N3OS. The second kappa shape index (κ2) is 7.25. The summed E-state index contributed by atoms with van der Waals surface area (Å²) in [6.07, 6.45) is 4.69. The van der Waals surface area contributed by atoms with E-state index < -0.39 is 0 Å². The summed E-state index contributed by atoms with van der Waals surface area (Å²) in [7, 11) is 0. The number of nitrogens with one attached hydrogen (secondary N) is 1. The highest BCUT2D eigenvalue weighted by molar-refractivity contribution is 7.14. The zero-order valence-electron chi connectivity index (χ0n) is 16.5. The highest BCUT2D eigenvalue weighted by Crippen LogP contribution is 2.40. The zero-order chi connectivity index (χ0) is 18.3. The number of likely N-dealkylation sites (tertiary alicyclic amines) is 1. The molecule has 0 bridgehead atoms. The Hall–Kier alpha value is -0.910. The van der Waals surface area contributed by atoms with Gasteiger partial charge in [0.1, 0.15) is 0 Å². The van der Waals surface area contributed by atoms with Crippen LogP contribution in [-0.2, 0) is 12.8 Å². The number of rotatable bonds is 2. The van der Waals surface area contributed by atoms with Crippen molar-refractivity contribution in [1.82, 2.24) is 15.1 Å². The van der Waals surface area contributed by atoms with Crippen molar-refractivity contribution < 1.29 is 4.79 Å². The lowest BCUT2D eigenvalue weighted by molar-refractivity contribution is 0.0778. The molecular weight excluding hydrogens is 342 g/mol. The molecule has 2 fully saturated rings. The third kappa shape index (κ3) is 3.71. The number of nitrogens with zero attached hydrogens (tertiary/aromatic N) is 2. The van der Waals surface area contributed by atoms with Crippen LogP contribution in [0.3, 0.4) is 0 Å². The van der Waals surface area contributed by atoms with E-state index in [0.29, 0.717) is 11.5 Å². The van der Waals surface area contributed by atoms with E-state index in [4.69, 9.17) is 0 Å². The molecule has 4 rings (SSSR count). The van der Waals surface area contributed by atoms with Crippen LogP contribution >= 0.6 is 11.3 Å². The molecule has 3 aliphatic rings. The Morgan fingerprint density at radius 2 is 1.96 bits per heavy atom. The molecule has 2 aliphatic heterocycles. The fourth-order valence-corrected chi connectivity index (χ4v) is 5.97. The Labute approximate surface area is 161 Å². The Balaban J connectivity index is 1.41. The topological polar surface area (TPSA) is 35.6 Å². The summed E-state index contributed by atoms with van der Waals surface area (Å²) in [5.74, 6) is 1.01. The molecule has 26 heavy (non-hydrogen) atoms. The molecule has 2 saturated heterocycles. The first-order valence-corrected chi connectivity index (χ1v) is 11.1. The number of fused-ring (bicyclic) bond motifs is 1. The SMILES string of the molecule is CC(C)(C)C1CCc2sc(C(=O)N3CCC(N4CCNCC4)C3)cc2C1. The van der Waals surface area contributed by atoms with Crippen molar-refractivity contribution in [3.63, 3.8) is 0 Å². The summed E-state index contributed by atoms with van der Waals surface area (Å²) < 4.78 is 0. The van der Waals surface area contributed by atoms with Gasteiger partial charge in [-0.05, 0) is 48.6 Å². The predicted octanol–water partition coefficient (Wildman–Crippen LogP) is 3.02. The number of amides is 1. The quantitative estimate of drug-likeness (QED) is 0.863. The molecule has 1 aliphatic carbocycles. The highest BCUT2D eigenvalue weighted by atomic mass is 32.1. The van der Waals surface area contributed by atoms with E-state index in [2.05, 4.69) is 42.0 Å². The van der Waals surface area contributed by atoms with E-state index in [9.17, 15) is 4.79 Å². The Morgan fingerprint density at radius 1 is 1.19 bits per heavy atom. The van der Waals surface area contributed by atoms with E-state index >= 15 is 0 Å². The van der Waals surface area contributed by atoms with Gasteiger partial charge in [0.15, 0.2) is 0 Å². The van der Waals surface area contributed by atoms with E-state index in [-0.39, 0.29) is 5.91 Å². The second-order valence-corrected chi connectivity index (χ2v) is 10.5. The first-order valence-electron chi connectivity index (χ1n) is 10.3. The van der Waals surface area contributed by atoms with Crippen LogP contribution in [0.5, 0.6) is 0 Å². The maximum atomic E-state index is 13.1. The molecule has 2 unspecified atom stereocenters. The lowest BCUT2D eigenvalue weighted by Gasteiger charge is -2.33. The maximum Gasteiger partial charge on any atom is 0.263 e. The summed E-state index contributed by atoms with van der Waals surface area (Å²) in [5, 5.41) is 3.42. The molecule has 0 spiro atoms. The normalized spacial score (nSPS) is 27.6. The van der Waals surface area contributed by atoms with Gasteiger partial charge in [-0.15, -0.1) is 11.3 Å². The third-order valence-corrected chi connectivity index (χ3v) is 7.86. The fraction of sp³-hybridized carbons (Fsp3) is 0.762. The molecule has 1 aromatic heterocycles. The van der Waals surface area contributed by atoms with Crippen LogP contribution in [0.15, 0.2) is 6.07 Å². The van der Waals surface area contributed by atoms with Crippen LogP contribution in [0.2, 0.25) is 0 Å². The van der Waals surface area contributed by atoms with Gasteiger partial charge in [0, 0.05) is 50.2 Å². The minimum absolute atomic E-state index is 0.273. The number of hydrogen-bond acceptors (Lipinski definition) is 4. The molecule has 2 atom stereocenters. The summed E-state index contributed by atoms with van der Waals surface area (Å²) in [4.78, 5) is 20.2. The van der Waals surface area contributed by atoms with E-state index in [1.54, 1.807) is 11.3 Å². The molecule has 3 heterocycles. The summed E-state index contributed by atoms with van der Waals surface area (Å²) >= 11 is 1.76. The maximum absolute atomic E-state index is 13.1. The van der Waals surface area contributed by atoms with Crippen LogP contribution in [0.1, 0.15) is 53.7 Å². The molecule has 1 aromatic rings. The third-order valence-electron chi connectivity index (χ3n) is 6.64. The number of piperazine rings is 1. The average Bonchev–Trinajstić information content (AvgIpc) is 3.27. The number of thiophene rings is 1. The van der Waals surface area contributed by atoms with Gasteiger partial charge in [-0.2, -0.15) is 0 Å². The first-order chi connectivity index (χ1) is 12.4. The molecule has 1 amide bonds.